The summed E-state index contributed by atoms with van der Waals surface area (Å²) in [6, 6.07) is 1.79. The van der Waals surface area contributed by atoms with Crippen molar-refractivity contribution in [2.24, 2.45) is 11.8 Å². The third-order valence-corrected chi connectivity index (χ3v) is 4.31. The lowest BCUT2D eigenvalue weighted by molar-refractivity contribution is -0.384. The van der Waals surface area contributed by atoms with Gasteiger partial charge in [0, 0.05) is 29.3 Å². The third kappa shape index (κ3) is 2.88. The Kier molecular flexibility index (Phi) is 4.08. The monoisotopic (exact) mass is 327 g/mol. The SMILES string of the molecule is CC1CC(C)C(C)N(c2ncc(Br)cc2[N+](=O)[O-])C1. The van der Waals surface area contributed by atoms with Gasteiger partial charge in [-0.05, 0) is 41.1 Å². The number of nitrogens with zero attached hydrogens (tertiary/aromatic N) is 3. The number of pyridine rings is 1. The van der Waals surface area contributed by atoms with Crippen molar-refractivity contribution in [3.05, 3.63) is 26.9 Å². The second kappa shape index (κ2) is 5.45. The van der Waals surface area contributed by atoms with Crippen molar-refractivity contribution in [2.45, 2.75) is 33.2 Å². The van der Waals surface area contributed by atoms with E-state index < -0.39 is 0 Å². The largest absolute Gasteiger partial charge is 0.348 e. The van der Waals surface area contributed by atoms with Crippen LogP contribution in [0.1, 0.15) is 27.2 Å². The molecule has 3 unspecified atom stereocenters. The fourth-order valence-electron chi connectivity index (χ4n) is 2.77. The van der Waals surface area contributed by atoms with Crippen molar-refractivity contribution in [1.29, 1.82) is 0 Å². The van der Waals surface area contributed by atoms with Crippen LogP contribution in [0.2, 0.25) is 0 Å². The van der Waals surface area contributed by atoms with Gasteiger partial charge in [-0.15, -0.1) is 0 Å². The smallest absolute Gasteiger partial charge is 0.312 e. The van der Waals surface area contributed by atoms with Crippen molar-refractivity contribution < 1.29 is 4.92 Å². The number of nitro groups is 1. The quantitative estimate of drug-likeness (QED) is 0.614. The van der Waals surface area contributed by atoms with Gasteiger partial charge in [0.05, 0.1) is 4.92 Å². The highest BCUT2D eigenvalue weighted by molar-refractivity contribution is 9.10. The molecule has 6 heteroatoms. The predicted octanol–water partition coefficient (Wildman–Crippen LogP) is 3.62. The van der Waals surface area contributed by atoms with E-state index in [1.807, 2.05) is 0 Å². The van der Waals surface area contributed by atoms with E-state index in [1.54, 1.807) is 6.20 Å². The van der Waals surface area contributed by atoms with Gasteiger partial charge in [-0.2, -0.15) is 0 Å². The Morgan fingerprint density at radius 1 is 1.47 bits per heavy atom. The lowest BCUT2D eigenvalue weighted by Gasteiger charge is -2.41. The maximum absolute atomic E-state index is 11.2. The third-order valence-electron chi connectivity index (χ3n) is 3.88. The Bertz CT molecular complexity index is 495. The van der Waals surface area contributed by atoms with Crippen LogP contribution in [-0.4, -0.2) is 22.5 Å². The van der Waals surface area contributed by atoms with Crippen LogP contribution in [0.25, 0.3) is 0 Å². The summed E-state index contributed by atoms with van der Waals surface area (Å²) in [5.41, 5.74) is 0.0718. The first-order chi connectivity index (χ1) is 8.90. The average Bonchev–Trinajstić information content (AvgIpc) is 2.34. The van der Waals surface area contributed by atoms with Crippen molar-refractivity contribution in [1.82, 2.24) is 4.98 Å². The molecular formula is C13H18BrN3O2. The molecule has 19 heavy (non-hydrogen) atoms. The fourth-order valence-corrected chi connectivity index (χ4v) is 3.09. The molecule has 1 saturated heterocycles. The van der Waals surface area contributed by atoms with Crippen LogP contribution in [0.15, 0.2) is 16.7 Å². The molecule has 0 aromatic carbocycles. The molecule has 0 amide bonds. The topological polar surface area (TPSA) is 59.3 Å². The summed E-state index contributed by atoms with van der Waals surface area (Å²) >= 11 is 3.24. The first-order valence-electron chi connectivity index (χ1n) is 6.46. The second-order valence-corrected chi connectivity index (χ2v) is 6.38. The van der Waals surface area contributed by atoms with Gasteiger partial charge in [0.1, 0.15) is 0 Å². The first kappa shape index (κ1) is 14.2. The molecule has 1 aromatic heterocycles. The van der Waals surface area contributed by atoms with E-state index in [0.717, 1.165) is 13.0 Å². The average molecular weight is 328 g/mol. The lowest BCUT2D eigenvalue weighted by atomic mass is 9.86. The van der Waals surface area contributed by atoms with E-state index in [-0.39, 0.29) is 16.7 Å². The molecule has 1 aliphatic heterocycles. The Balaban J connectivity index is 2.42. The molecule has 0 N–H and O–H groups in total. The summed E-state index contributed by atoms with van der Waals surface area (Å²) in [6.07, 6.45) is 2.78. The summed E-state index contributed by atoms with van der Waals surface area (Å²) in [7, 11) is 0. The zero-order valence-corrected chi connectivity index (χ0v) is 12.9. The van der Waals surface area contributed by atoms with E-state index in [2.05, 4.69) is 46.6 Å². The summed E-state index contributed by atoms with van der Waals surface area (Å²) < 4.78 is 0.633. The fraction of sp³-hybridized carbons (Fsp3) is 0.615. The summed E-state index contributed by atoms with van der Waals surface area (Å²) in [4.78, 5) is 17.2. The van der Waals surface area contributed by atoms with E-state index in [9.17, 15) is 10.1 Å². The molecule has 3 atom stereocenters. The van der Waals surface area contributed by atoms with Gasteiger partial charge < -0.3 is 4.90 Å². The number of hydrogen-bond acceptors (Lipinski definition) is 4. The van der Waals surface area contributed by atoms with Crippen LogP contribution < -0.4 is 4.90 Å². The van der Waals surface area contributed by atoms with Gasteiger partial charge in [-0.1, -0.05) is 13.8 Å². The van der Waals surface area contributed by atoms with Gasteiger partial charge in [0.15, 0.2) is 0 Å². The van der Waals surface area contributed by atoms with Gasteiger partial charge in [0.25, 0.3) is 0 Å². The molecule has 0 aliphatic carbocycles. The Morgan fingerprint density at radius 2 is 2.16 bits per heavy atom. The van der Waals surface area contributed by atoms with Gasteiger partial charge in [-0.3, -0.25) is 10.1 Å². The van der Waals surface area contributed by atoms with E-state index >= 15 is 0 Å². The van der Waals surface area contributed by atoms with Crippen molar-refractivity contribution in [3.8, 4) is 0 Å². The van der Waals surface area contributed by atoms with Crippen LogP contribution >= 0.6 is 15.9 Å². The molecule has 1 aliphatic rings. The minimum Gasteiger partial charge on any atom is -0.348 e. The summed E-state index contributed by atoms with van der Waals surface area (Å²) in [5.74, 6) is 1.52. The second-order valence-electron chi connectivity index (χ2n) is 5.46. The highest BCUT2D eigenvalue weighted by atomic mass is 79.9. The number of aromatic nitrogens is 1. The zero-order valence-electron chi connectivity index (χ0n) is 11.3. The lowest BCUT2D eigenvalue weighted by Crippen LogP contribution is -2.46. The molecule has 0 bridgehead atoms. The van der Waals surface area contributed by atoms with Crippen LogP contribution in [0.3, 0.4) is 0 Å². The molecule has 104 valence electrons. The highest BCUT2D eigenvalue weighted by Crippen LogP contribution is 2.35. The van der Waals surface area contributed by atoms with Crippen molar-refractivity contribution >= 4 is 27.4 Å². The number of anilines is 1. The number of piperidine rings is 1. The Morgan fingerprint density at radius 3 is 2.79 bits per heavy atom. The molecule has 1 aromatic rings. The summed E-state index contributed by atoms with van der Waals surface area (Å²) in [6.45, 7) is 7.31. The summed E-state index contributed by atoms with van der Waals surface area (Å²) in [5, 5.41) is 11.2. The standard InChI is InChI=1S/C13H18BrN3O2/c1-8-4-9(2)10(3)16(7-8)13-12(17(18)19)5-11(14)6-15-13/h5-6,8-10H,4,7H2,1-3H3. The van der Waals surface area contributed by atoms with Crippen molar-refractivity contribution in [3.63, 3.8) is 0 Å². The molecule has 0 saturated carbocycles. The van der Waals surface area contributed by atoms with Crippen LogP contribution in [-0.2, 0) is 0 Å². The maximum atomic E-state index is 11.2. The molecular weight excluding hydrogens is 310 g/mol. The number of rotatable bonds is 2. The zero-order chi connectivity index (χ0) is 14.2. The van der Waals surface area contributed by atoms with E-state index in [0.29, 0.717) is 22.1 Å². The highest BCUT2D eigenvalue weighted by Gasteiger charge is 2.33. The van der Waals surface area contributed by atoms with Gasteiger partial charge in [0.2, 0.25) is 5.82 Å². The number of halogens is 1. The molecule has 5 nitrogen and oxygen atoms in total. The van der Waals surface area contributed by atoms with Crippen LogP contribution in [0.5, 0.6) is 0 Å². The Labute approximate surface area is 121 Å². The molecule has 0 spiro atoms. The first-order valence-corrected chi connectivity index (χ1v) is 7.26. The van der Waals surface area contributed by atoms with E-state index in [4.69, 9.17) is 0 Å². The van der Waals surface area contributed by atoms with Gasteiger partial charge in [-0.25, -0.2) is 4.98 Å². The normalized spacial score (nSPS) is 27.4. The Hall–Kier alpha value is -1.17. The molecule has 2 heterocycles. The van der Waals surface area contributed by atoms with Crippen LogP contribution in [0, 0.1) is 22.0 Å². The molecule has 0 radical (unpaired) electrons. The minimum atomic E-state index is -0.357. The van der Waals surface area contributed by atoms with E-state index in [1.165, 1.54) is 6.07 Å². The van der Waals surface area contributed by atoms with Crippen LogP contribution in [0.4, 0.5) is 11.5 Å². The maximum Gasteiger partial charge on any atom is 0.312 e. The predicted molar refractivity (Wildman–Crippen MR) is 78.3 cm³/mol. The number of hydrogen-bond donors (Lipinski definition) is 0. The van der Waals surface area contributed by atoms with Crippen molar-refractivity contribution in [2.75, 3.05) is 11.4 Å². The molecule has 1 fully saturated rings. The van der Waals surface area contributed by atoms with Gasteiger partial charge >= 0.3 is 5.69 Å². The molecule has 2 rings (SSSR count). The minimum absolute atomic E-state index is 0.0718.